The van der Waals surface area contributed by atoms with Crippen LogP contribution in [0.5, 0.6) is 5.75 Å². The van der Waals surface area contributed by atoms with E-state index < -0.39 is 23.9 Å². The van der Waals surface area contributed by atoms with Crippen LogP contribution in [0.1, 0.15) is 5.56 Å². The van der Waals surface area contributed by atoms with E-state index in [1.54, 1.807) is 0 Å². The Kier molecular flexibility index (Phi) is 5.18. The molecule has 0 saturated heterocycles. The summed E-state index contributed by atoms with van der Waals surface area (Å²) in [4.78, 5) is 21.4. The van der Waals surface area contributed by atoms with Crippen LogP contribution >= 0.6 is 0 Å². The molecular weight excluding hydrogens is 281 g/mol. The summed E-state index contributed by atoms with van der Waals surface area (Å²) in [6, 6.07) is 3.86. The van der Waals surface area contributed by atoms with Crippen molar-refractivity contribution in [3.63, 3.8) is 0 Å². The summed E-state index contributed by atoms with van der Waals surface area (Å²) < 4.78 is 46.2. The Morgan fingerprint density at radius 3 is 2.60 bits per heavy atom. The van der Waals surface area contributed by atoms with Crippen LogP contribution < -0.4 is 15.8 Å². The van der Waals surface area contributed by atoms with Gasteiger partial charge >= 0.3 is 18.4 Å². The molecule has 3 N–H and O–H groups in total. The zero-order chi connectivity index (χ0) is 15.2. The molecule has 20 heavy (non-hydrogen) atoms. The number of ether oxygens (including phenoxy) is 2. The van der Waals surface area contributed by atoms with Gasteiger partial charge in [-0.25, -0.2) is 9.59 Å². The molecule has 0 aliphatic heterocycles. The van der Waals surface area contributed by atoms with E-state index in [1.165, 1.54) is 6.07 Å². The quantitative estimate of drug-likeness (QED) is 0.829. The number of halogens is 3. The number of hydrogen-bond donors (Lipinski definition) is 2. The summed E-state index contributed by atoms with van der Waals surface area (Å²) in [5.74, 6) is -0.256. The fourth-order valence-corrected chi connectivity index (χ4v) is 1.18. The Labute approximate surface area is 111 Å². The van der Waals surface area contributed by atoms with E-state index in [2.05, 4.69) is 20.5 Å². The van der Waals surface area contributed by atoms with Crippen LogP contribution in [0.25, 0.3) is 0 Å². The molecule has 0 spiro atoms. The van der Waals surface area contributed by atoms with E-state index in [1.807, 2.05) is 0 Å². The lowest BCUT2D eigenvalue weighted by Gasteiger charge is -2.09. The molecule has 9 heteroatoms. The van der Waals surface area contributed by atoms with Crippen LogP contribution in [-0.2, 0) is 10.9 Å². The molecule has 110 valence electrons. The predicted molar refractivity (Wildman–Crippen MR) is 61.0 cm³/mol. The average molecular weight is 292 g/mol. The van der Waals surface area contributed by atoms with E-state index in [0.717, 1.165) is 12.1 Å². The molecule has 0 bridgehead atoms. The molecule has 0 radical (unpaired) electrons. The van der Waals surface area contributed by atoms with Crippen molar-refractivity contribution in [1.82, 2.24) is 5.32 Å². The molecule has 0 unspecified atom stereocenters. The molecule has 0 saturated carbocycles. The average Bonchev–Trinajstić information content (AvgIpc) is 2.34. The van der Waals surface area contributed by atoms with E-state index in [-0.39, 0.29) is 18.9 Å². The molecule has 6 nitrogen and oxygen atoms in total. The molecule has 0 aromatic heterocycles. The van der Waals surface area contributed by atoms with Gasteiger partial charge in [-0.15, -0.1) is 0 Å². The van der Waals surface area contributed by atoms with Crippen LogP contribution in [0, 0.1) is 0 Å². The van der Waals surface area contributed by atoms with E-state index in [4.69, 9.17) is 0 Å². The second-order valence-electron chi connectivity index (χ2n) is 3.51. The Hall–Kier alpha value is -2.45. The number of hydrogen-bond acceptors (Lipinski definition) is 4. The topological polar surface area (TPSA) is 90.7 Å². The molecular formula is C11H11F3N2O4. The second kappa shape index (κ2) is 6.64. The minimum Gasteiger partial charge on any atom is -0.448 e. The maximum Gasteiger partial charge on any atom is 0.416 e. The second-order valence-corrected chi connectivity index (χ2v) is 3.51. The third kappa shape index (κ3) is 5.46. The van der Waals surface area contributed by atoms with Gasteiger partial charge < -0.3 is 20.5 Å². The van der Waals surface area contributed by atoms with Gasteiger partial charge in [0.15, 0.2) is 0 Å². The van der Waals surface area contributed by atoms with Gasteiger partial charge in [0.1, 0.15) is 12.4 Å². The van der Waals surface area contributed by atoms with Crippen LogP contribution in [0.2, 0.25) is 0 Å². The molecule has 1 aromatic rings. The highest BCUT2D eigenvalue weighted by Gasteiger charge is 2.30. The monoisotopic (exact) mass is 292 g/mol. The van der Waals surface area contributed by atoms with Crippen molar-refractivity contribution in [1.29, 1.82) is 0 Å². The third-order valence-electron chi connectivity index (χ3n) is 1.99. The number of carbonyl (C=O) groups excluding carboxylic acids is 2. The minimum atomic E-state index is -4.52. The zero-order valence-electron chi connectivity index (χ0n) is 10.1. The van der Waals surface area contributed by atoms with E-state index >= 15 is 0 Å². The highest BCUT2D eigenvalue weighted by Crippen LogP contribution is 2.31. The smallest absolute Gasteiger partial charge is 0.416 e. The number of nitrogens with one attached hydrogen (secondary N) is 1. The van der Waals surface area contributed by atoms with Crippen molar-refractivity contribution in [2.75, 3.05) is 13.2 Å². The first kappa shape index (κ1) is 15.6. The summed E-state index contributed by atoms with van der Waals surface area (Å²) >= 11 is 0. The first-order chi connectivity index (χ1) is 9.29. The van der Waals surface area contributed by atoms with Gasteiger partial charge in [-0.2, -0.15) is 13.2 Å². The van der Waals surface area contributed by atoms with E-state index in [0.29, 0.717) is 6.07 Å². The fraction of sp³-hybridized carbons (Fsp3) is 0.273. The highest BCUT2D eigenvalue weighted by molar-refractivity contribution is 5.70. The highest BCUT2D eigenvalue weighted by atomic mass is 19.4. The number of nitrogens with two attached hydrogens (primary N) is 1. The maximum absolute atomic E-state index is 12.4. The Morgan fingerprint density at radius 1 is 1.30 bits per heavy atom. The molecule has 0 fully saturated rings. The molecule has 0 atom stereocenters. The number of carbonyl (C=O) groups is 2. The van der Waals surface area contributed by atoms with Crippen LogP contribution in [0.3, 0.4) is 0 Å². The van der Waals surface area contributed by atoms with Gasteiger partial charge in [-0.3, -0.25) is 0 Å². The predicted octanol–water partition coefficient (Wildman–Crippen LogP) is 1.89. The SMILES string of the molecule is NC(=O)OCCNC(=O)Oc1cccc(C(F)(F)F)c1. The lowest BCUT2D eigenvalue weighted by molar-refractivity contribution is -0.137. The van der Waals surface area contributed by atoms with Gasteiger partial charge in [0, 0.05) is 0 Å². The third-order valence-corrected chi connectivity index (χ3v) is 1.99. The number of alkyl halides is 3. The summed E-state index contributed by atoms with van der Waals surface area (Å²) in [5, 5.41) is 2.17. The van der Waals surface area contributed by atoms with Crippen molar-refractivity contribution < 1.29 is 32.2 Å². The summed E-state index contributed by atoms with van der Waals surface area (Å²) in [6.45, 7) is -0.256. The largest absolute Gasteiger partial charge is 0.448 e. The Balaban J connectivity index is 2.48. The van der Waals surface area contributed by atoms with Gasteiger partial charge in [-0.05, 0) is 18.2 Å². The molecule has 2 amide bonds. The normalized spacial score (nSPS) is 10.8. The first-order valence-electron chi connectivity index (χ1n) is 5.34. The van der Waals surface area contributed by atoms with Gasteiger partial charge in [-0.1, -0.05) is 6.07 Å². The minimum absolute atomic E-state index is 0.0826. The summed E-state index contributed by atoms with van der Waals surface area (Å²) in [5.41, 5.74) is 3.75. The van der Waals surface area contributed by atoms with Crippen molar-refractivity contribution in [2.45, 2.75) is 6.18 Å². The Bertz CT molecular complexity index is 491. The number of amides is 2. The van der Waals surface area contributed by atoms with Gasteiger partial charge in [0.25, 0.3) is 0 Å². The number of primary amides is 1. The van der Waals surface area contributed by atoms with Gasteiger partial charge in [0.2, 0.25) is 0 Å². The van der Waals surface area contributed by atoms with Crippen LogP contribution in [0.15, 0.2) is 24.3 Å². The van der Waals surface area contributed by atoms with Crippen molar-refractivity contribution >= 4 is 12.2 Å². The molecule has 0 heterocycles. The van der Waals surface area contributed by atoms with E-state index in [9.17, 15) is 22.8 Å². The standard InChI is InChI=1S/C11H11F3N2O4/c12-11(13,14)7-2-1-3-8(6-7)20-10(18)16-4-5-19-9(15)17/h1-3,6H,4-5H2,(H2,15,17)(H,16,18). The van der Waals surface area contributed by atoms with Crippen molar-refractivity contribution in [3.05, 3.63) is 29.8 Å². The first-order valence-corrected chi connectivity index (χ1v) is 5.34. The lowest BCUT2D eigenvalue weighted by atomic mass is 10.2. The molecule has 0 aliphatic rings. The number of rotatable bonds is 4. The van der Waals surface area contributed by atoms with Crippen LogP contribution in [-0.4, -0.2) is 25.3 Å². The van der Waals surface area contributed by atoms with Crippen LogP contribution in [0.4, 0.5) is 22.8 Å². The van der Waals surface area contributed by atoms with Crippen molar-refractivity contribution in [2.24, 2.45) is 5.73 Å². The fourth-order valence-electron chi connectivity index (χ4n) is 1.18. The van der Waals surface area contributed by atoms with Gasteiger partial charge in [0.05, 0.1) is 12.1 Å². The number of benzene rings is 1. The molecule has 1 rings (SSSR count). The molecule has 1 aromatic carbocycles. The van der Waals surface area contributed by atoms with Crippen molar-refractivity contribution in [3.8, 4) is 5.75 Å². The maximum atomic E-state index is 12.4. The summed E-state index contributed by atoms with van der Waals surface area (Å²) in [6.07, 6.45) is -6.50. The molecule has 0 aliphatic carbocycles. The lowest BCUT2D eigenvalue weighted by Crippen LogP contribution is -2.31. The zero-order valence-corrected chi connectivity index (χ0v) is 10.1. The summed E-state index contributed by atoms with van der Waals surface area (Å²) in [7, 11) is 0. The Morgan fingerprint density at radius 2 is 2.00 bits per heavy atom.